The number of carbonyl (C=O) groups is 1. The quantitative estimate of drug-likeness (QED) is 0.917. The maximum Gasteiger partial charge on any atom is 0.329 e. The summed E-state index contributed by atoms with van der Waals surface area (Å²) >= 11 is 0. The van der Waals surface area contributed by atoms with Crippen LogP contribution in [0.5, 0.6) is 11.5 Å². The zero-order valence-electron chi connectivity index (χ0n) is 13.8. The van der Waals surface area contributed by atoms with Crippen molar-refractivity contribution in [3.8, 4) is 11.5 Å². The summed E-state index contributed by atoms with van der Waals surface area (Å²) in [4.78, 5) is 16.4. The van der Waals surface area contributed by atoms with Crippen LogP contribution in [-0.2, 0) is 16.8 Å². The highest BCUT2D eigenvalue weighted by Gasteiger charge is 2.34. The number of aryl methyl sites for hydroxylation is 1. The Morgan fingerprint density at radius 3 is 2.57 bits per heavy atom. The zero-order chi connectivity index (χ0) is 16.6. The van der Waals surface area contributed by atoms with Crippen molar-refractivity contribution in [3.63, 3.8) is 0 Å². The van der Waals surface area contributed by atoms with Crippen LogP contribution in [0, 0.1) is 0 Å². The summed E-state index contributed by atoms with van der Waals surface area (Å²) < 4.78 is 13.1. The van der Waals surface area contributed by atoms with Crippen LogP contribution in [-0.4, -0.2) is 33.8 Å². The number of benzene rings is 1. The first kappa shape index (κ1) is 15.6. The van der Waals surface area contributed by atoms with E-state index in [4.69, 9.17) is 9.47 Å². The fourth-order valence-corrected chi connectivity index (χ4v) is 2.89. The molecule has 6 heteroatoms. The Labute approximate surface area is 135 Å². The summed E-state index contributed by atoms with van der Waals surface area (Å²) in [5.41, 5.74) is 0.434. The topological polar surface area (TPSA) is 73.6 Å². The smallest absolute Gasteiger partial charge is 0.329 e. The molecule has 0 saturated heterocycles. The van der Waals surface area contributed by atoms with Gasteiger partial charge in [-0.3, -0.25) is 0 Å². The van der Waals surface area contributed by atoms with Gasteiger partial charge in [-0.05, 0) is 20.3 Å². The first-order chi connectivity index (χ1) is 10.9. The summed E-state index contributed by atoms with van der Waals surface area (Å²) in [5.74, 6) is 1.22. The number of hydrogen-bond donors (Lipinski definition) is 1. The molecule has 124 valence electrons. The Morgan fingerprint density at radius 2 is 1.96 bits per heavy atom. The summed E-state index contributed by atoms with van der Waals surface area (Å²) in [6.45, 7) is 6.52. The van der Waals surface area contributed by atoms with E-state index in [2.05, 4.69) is 11.9 Å². The molecule has 0 unspecified atom stereocenters. The minimum atomic E-state index is -1.08. The SMILES string of the molecule is CCCCc1nc2cc3c(cc2n1C(C)(C)C(=O)O)OCCO3. The molecule has 0 amide bonds. The number of nitrogens with zero attached hydrogens (tertiary/aromatic N) is 2. The maximum atomic E-state index is 11.8. The molecule has 1 aromatic heterocycles. The average Bonchev–Trinajstić information content (AvgIpc) is 2.88. The molecule has 2 aromatic rings. The lowest BCUT2D eigenvalue weighted by atomic mass is 10.0. The van der Waals surface area contributed by atoms with Gasteiger partial charge in [-0.25, -0.2) is 9.78 Å². The van der Waals surface area contributed by atoms with Gasteiger partial charge in [-0.2, -0.15) is 0 Å². The highest BCUT2D eigenvalue weighted by atomic mass is 16.6. The molecule has 3 rings (SSSR count). The zero-order valence-corrected chi connectivity index (χ0v) is 13.8. The predicted octanol–water partition coefficient (Wildman–Crippen LogP) is 2.97. The lowest BCUT2D eigenvalue weighted by Crippen LogP contribution is -2.36. The van der Waals surface area contributed by atoms with Crippen LogP contribution < -0.4 is 9.47 Å². The van der Waals surface area contributed by atoms with Crippen molar-refractivity contribution < 1.29 is 19.4 Å². The lowest BCUT2D eigenvalue weighted by Gasteiger charge is -2.25. The van der Waals surface area contributed by atoms with Crippen molar-refractivity contribution in [2.75, 3.05) is 13.2 Å². The Bertz CT molecular complexity index is 749. The number of fused-ring (bicyclic) bond motifs is 2. The third-order valence-electron chi connectivity index (χ3n) is 4.22. The molecule has 1 N–H and O–H groups in total. The number of carboxylic acid groups (broad SMARTS) is 1. The van der Waals surface area contributed by atoms with Gasteiger partial charge in [-0.1, -0.05) is 13.3 Å². The number of unbranched alkanes of at least 4 members (excludes halogenated alkanes) is 1. The number of ether oxygens (including phenoxy) is 2. The number of hydrogen-bond acceptors (Lipinski definition) is 4. The van der Waals surface area contributed by atoms with E-state index in [1.54, 1.807) is 13.8 Å². The van der Waals surface area contributed by atoms with Crippen molar-refractivity contribution in [2.45, 2.75) is 45.6 Å². The number of aromatic nitrogens is 2. The van der Waals surface area contributed by atoms with Gasteiger partial charge in [0.1, 0.15) is 24.6 Å². The van der Waals surface area contributed by atoms with Gasteiger partial charge in [0.25, 0.3) is 0 Å². The van der Waals surface area contributed by atoms with Crippen LogP contribution in [0.1, 0.15) is 39.4 Å². The van der Waals surface area contributed by atoms with E-state index in [9.17, 15) is 9.90 Å². The van der Waals surface area contributed by atoms with Gasteiger partial charge in [0, 0.05) is 18.6 Å². The molecule has 1 aromatic carbocycles. The molecular weight excluding hydrogens is 296 g/mol. The molecule has 0 fully saturated rings. The molecule has 0 aliphatic carbocycles. The molecule has 0 bridgehead atoms. The number of aliphatic carboxylic acids is 1. The monoisotopic (exact) mass is 318 g/mol. The molecule has 0 saturated carbocycles. The normalized spacial score (nSPS) is 14.2. The molecule has 23 heavy (non-hydrogen) atoms. The van der Waals surface area contributed by atoms with Gasteiger partial charge >= 0.3 is 5.97 Å². The minimum Gasteiger partial charge on any atom is -0.486 e. The van der Waals surface area contributed by atoms with Crippen molar-refractivity contribution in [2.24, 2.45) is 0 Å². The predicted molar refractivity (Wildman–Crippen MR) is 86.3 cm³/mol. The van der Waals surface area contributed by atoms with Crippen molar-refractivity contribution in [1.29, 1.82) is 0 Å². The van der Waals surface area contributed by atoms with E-state index in [0.717, 1.165) is 36.1 Å². The van der Waals surface area contributed by atoms with E-state index >= 15 is 0 Å². The van der Waals surface area contributed by atoms with Crippen molar-refractivity contribution >= 4 is 17.0 Å². The number of carboxylic acids is 1. The van der Waals surface area contributed by atoms with E-state index in [1.807, 2.05) is 16.7 Å². The third kappa shape index (κ3) is 2.62. The Kier molecular flexibility index (Phi) is 3.92. The number of rotatable bonds is 5. The van der Waals surface area contributed by atoms with Gasteiger partial charge < -0.3 is 19.1 Å². The summed E-state index contributed by atoms with van der Waals surface area (Å²) in [7, 11) is 0. The molecule has 1 aliphatic rings. The highest BCUT2D eigenvalue weighted by molar-refractivity contribution is 5.85. The fourth-order valence-electron chi connectivity index (χ4n) is 2.89. The van der Waals surface area contributed by atoms with Gasteiger partial charge in [-0.15, -0.1) is 0 Å². The van der Waals surface area contributed by atoms with Crippen molar-refractivity contribution in [1.82, 2.24) is 9.55 Å². The van der Waals surface area contributed by atoms with Crippen LogP contribution in [0.15, 0.2) is 12.1 Å². The van der Waals surface area contributed by atoms with E-state index in [-0.39, 0.29) is 0 Å². The largest absolute Gasteiger partial charge is 0.486 e. The summed E-state index contributed by atoms with van der Waals surface area (Å²) in [6, 6.07) is 3.69. The first-order valence-corrected chi connectivity index (χ1v) is 8.00. The van der Waals surface area contributed by atoms with Crippen molar-refractivity contribution in [3.05, 3.63) is 18.0 Å². The van der Waals surface area contributed by atoms with Crippen LogP contribution in [0.4, 0.5) is 0 Å². The second kappa shape index (κ2) is 5.76. The summed E-state index contributed by atoms with van der Waals surface area (Å²) in [5, 5.41) is 9.66. The standard InChI is InChI=1S/C17H22N2O4/c1-4-5-6-15-18-11-9-13-14(23-8-7-22-13)10-12(11)19(15)17(2,3)16(20)21/h9-10H,4-8H2,1-3H3,(H,20,21). The molecule has 0 radical (unpaired) electrons. The van der Waals surface area contributed by atoms with Gasteiger partial charge in [0.05, 0.1) is 11.0 Å². The maximum absolute atomic E-state index is 11.8. The fraction of sp³-hybridized carbons (Fsp3) is 0.529. The molecular formula is C17H22N2O4. The molecule has 0 atom stereocenters. The lowest BCUT2D eigenvalue weighted by molar-refractivity contribution is -0.145. The second-order valence-electron chi connectivity index (χ2n) is 6.32. The first-order valence-electron chi connectivity index (χ1n) is 8.00. The van der Waals surface area contributed by atoms with E-state index < -0.39 is 11.5 Å². The van der Waals surface area contributed by atoms with Gasteiger partial charge in [0.2, 0.25) is 0 Å². The van der Waals surface area contributed by atoms with E-state index in [0.29, 0.717) is 24.7 Å². The van der Waals surface area contributed by atoms with Crippen LogP contribution in [0.3, 0.4) is 0 Å². The highest BCUT2D eigenvalue weighted by Crippen LogP contribution is 2.37. The third-order valence-corrected chi connectivity index (χ3v) is 4.22. The van der Waals surface area contributed by atoms with Gasteiger partial charge in [0.15, 0.2) is 11.5 Å². The Morgan fingerprint density at radius 1 is 1.30 bits per heavy atom. The number of imidazole rings is 1. The van der Waals surface area contributed by atoms with Crippen LogP contribution in [0.2, 0.25) is 0 Å². The Balaban J connectivity index is 2.22. The van der Waals surface area contributed by atoms with Crippen LogP contribution >= 0.6 is 0 Å². The average molecular weight is 318 g/mol. The van der Waals surface area contributed by atoms with Crippen LogP contribution in [0.25, 0.3) is 11.0 Å². The minimum absolute atomic E-state index is 0.498. The molecule has 2 heterocycles. The summed E-state index contributed by atoms with van der Waals surface area (Å²) in [6.07, 6.45) is 2.74. The van der Waals surface area contributed by atoms with E-state index in [1.165, 1.54) is 0 Å². The molecule has 1 aliphatic heterocycles. The molecule has 6 nitrogen and oxygen atoms in total. The molecule has 0 spiro atoms. The Hall–Kier alpha value is -2.24. The second-order valence-corrected chi connectivity index (χ2v) is 6.32.